The first-order chi connectivity index (χ1) is 21.1. The second kappa shape index (κ2) is 18.2. The molecule has 3 saturated heterocycles. The molecule has 10 nitrogen and oxygen atoms in total. The molecule has 0 spiro atoms. The highest BCUT2D eigenvalue weighted by Gasteiger charge is 2.60. The van der Waals surface area contributed by atoms with Gasteiger partial charge in [-0.15, -0.1) is 0 Å². The molecular formula is C34H64O10. The molecule has 0 aromatic carbocycles. The van der Waals surface area contributed by atoms with E-state index in [0.717, 1.165) is 12.8 Å². The van der Waals surface area contributed by atoms with Crippen molar-refractivity contribution in [2.75, 3.05) is 46.2 Å². The van der Waals surface area contributed by atoms with Gasteiger partial charge in [0.25, 0.3) is 0 Å². The van der Waals surface area contributed by atoms with Crippen LogP contribution in [0.3, 0.4) is 0 Å². The number of rotatable bonds is 17. The second-order valence-electron chi connectivity index (χ2n) is 13.0. The van der Waals surface area contributed by atoms with Crippen LogP contribution in [0.15, 0.2) is 0 Å². The Morgan fingerprint density at radius 2 is 1.30 bits per heavy atom. The Morgan fingerprint density at radius 3 is 1.89 bits per heavy atom. The van der Waals surface area contributed by atoms with Gasteiger partial charge in [-0.2, -0.15) is 0 Å². The van der Waals surface area contributed by atoms with E-state index in [0.29, 0.717) is 58.1 Å². The first kappa shape index (κ1) is 38.1. The minimum Gasteiger partial charge on any atom is -0.373 e. The normalized spacial score (nSPS) is 40.5. The van der Waals surface area contributed by atoms with Crippen LogP contribution >= 0.6 is 0 Å². The molecule has 0 amide bonds. The van der Waals surface area contributed by atoms with Gasteiger partial charge in [0.15, 0.2) is 12.6 Å². The Kier molecular flexibility index (Phi) is 15.8. The summed E-state index contributed by atoms with van der Waals surface area (Å²) in [5, 5.41) is 0. The van der Waals surface area contributed by atoms with Crippen molar-refractivity contribution in [3.8, 4) is 0 Å². The molecule has 10 heteroatoms. The van der Waals surface area contributed by atoms with Crippen molar-refractivity contribution in [3.05, 3.63) is 0 Å². The number of hydrogen-bond donors (Lipinski definition) is 0. The molecular weight excluding hydrogens is 568 g/mol. The Hall–Kier alpha value is -0.400. The fourth-order valence-corrected chi connectivity index (χ4v) is 6.62. The summed E-state index contributed by atoms with van der Waals surface area (Å²) in [6.07, 6.45) is -2.67. The van der Waals surface area contributed by atoms with E-state index in [1.807, 2.05) is 34.6 Å². The van der Waals surface area contributed by atoms with Gasteiger partial charge >= 0.3 is 0 Å². The lowest BCUT2D eigenvalue weighted by molar-refractivity contribution is -0.373. The highest BCUT2D eigenvalue weighted by molar-refractivity contribution is 5.05. The molecule has 0 radical (unpaired) electrons. The van der Waals surface area contributed by atoms with Gasteiger partial charge in [0.1, 0.15) is 48.3 Å². The molecule has 0 N–H and O–H groups in total. The maximum Gasteiger partial charge on any atom is 0.187 e. The molecule has 0 saturated carbocycles. The highest BCUT2D eigenvalue weighted by atomic mass is 16.8. The van der Waals surface area contributed by atoms with Crippen molar-refractivity contribution >= 4 is 0 Å². The average molecular weight is 633 g/mol. The molecule has 3 rings (SSSR count). The van der Waals surface area contributed by atoms with E-state index in [4.69, 9.17) is 47.4 Å². The molecule has 6 unspecified atom stereocenters. The van der Waals surface area contributed by atoms with Crippen molar-refractivity contribution in [2.45, 2.75) is 156 Å². The summed E-state index contributed by atoms with van der Waals surface area (Å²) in [6, 6.07) is 0. The molecule has 3 aliphatic rings. The molecule has 3 heterocycles. The zero-order chi connectivity index (χ0) is 32.4. The molecule has 0 aliphatic carbocycles. The minimum atomic E-state index is -0.886. The van der Waals surface area contributed by atoms with E-state index in [-0.39, 0.29) is 24.2 Å². The van der Waals surface area contributed by atoms with Crippen LogP contribution in [0.1, 0.15) is 89.0 Å². The quantitative estimate of drug-likeness (QED) is 0.208. The SMILES string of the molecule is CCOC1[C@H](OCC)C(C2(C)O[C@H]3OC(CC(C)CC)[C@@H](OCC)C(OCC(C)C)[C@H]3OC[C@H]2C)O[C@H](OCC)[C@@H]1OCC. The van der Waals surface area contributed by atoms with E-state index in [1.165, 1.54) is 0 Å². The predicted octanol–water partition coefficient (Wildman–Crippen LogP) is 5.38. The Labute approximate surface area is 267 Å². The van der Waals surface area contributed by atoms with Crippen molar-refractivity contribution < 1.29 is 47.4 Å². The average Bonchev–Trinajstić information content (AvgIpc) is 3.11. The van der Waals surface area contributed by atoms with E-state index >= 15 is 0 Å². The van der Waals surface area contributed by atoms with Crippen molar-refractivity contribution in [1.29, 1.82) is 0 Å². The lowest BCUT2D eigenvalue weighted by atomic mass is 9.79. The van der Waals surface area contributed by atoms with Crippen molar-refractivity contribution in [1.82, 2.24) is 0 Å². The van der Waals surface area contributed by atoms with Gasteiger partial charge in [0.2, 0.25) is 0 Å². The third-order valence-corrected chi connectivity index (χ3v) is 9.26. The van der Waals surface area contributed by atoms with Crippen LogP contribution in [0, 0.1) is 17.8 Å². The Morgan fingerprint density at radius 1 is 0.705 bits per heavy atom. The Bertz CT molecular complexity index is 800. The van der Waals surface area contributed by atoms with E-state index in [9.17, 15) is 0 Å². The van der Waals surface area contributed by atoms with Crippen LogP contribution in [-0.2, 0) is 47.4 Å². The maximum atomic E-state index is 7.15. The van der Waals surface area contributed by atoms with Crippen molar-refractivity contribution in [2.24, 2.45) is 17.8 Å². The third kappa shape index (κ3) is 8.94. The van der Waals surface area contributed by atoms with Gasteiger partial charge in [-0.3, -0.25) is 0 Å². The molecule has 3 fully saturated rings. The smallest absolute Gasteiger partial charge is 0.187 e. The first-order valence-corrected chi connectivity index (χ1v) is 17.4. The molecule has 44 heavy (non-hydrogen) atoms. The Balaban J connectivity index is 2.04. The summed E-state index contributed by atoms with van der Waals surface area (Å²) in [5.74, 6) is 0.706. The van der Waals surface area contributed by atoms with E-state index < -0.39 is 48.7 Å². The summed E-state index contributed by atoms with van der Waals surface area (Å²) < 4.78 is 65.5. The van der Waals surface area contributed by atoms with E-state index in [1.54, 1.807) is 0 Å². The maximum absolute atomic E-state index is 7.15. The first-order valence-electron chi connectivity index (χ1n) is 17.4. The minimum absolute atomic E-state index is 0.0952. The summed E-state index contributed by atoms with van der Waals surface area (Å²) in [5.41, 5.74) is -0.886. The molecule has 0 bridgehead atoms. The van der Waals surface area contributed by atoms with Crippen LogP contribution < -0.4 is 0 Å². The van der Waals surface area contributed by atoms with Gasteiger partial charge in [0, 0.05) is 45.6 Å². The van der Waals surface area contributed by atoms with Gasteiger partial charge in [-0.05, 0) is 59.8 Å². The molecule has 3 aliphatic heterocycles. The second-order valence-corrected chi connectivity index (χ2v) is 13.0. The third-order valence-electron chi connectivity index (χ3n) is 9.26. The predicted molar refractivity (Wildman–Crippen MR) is 168 cm³/mol. The van der Waals surface area contributed by atoms with Gasteiger partial charge in [-0.25, -0.2) is 0 Å². The standard InChI is InChI=1S/C34H64O10/c1-12-22(9)18-24-25(35-13-2)26(40-19-21(7)8)30-33(42-24)44-34(11,23(10)20-41-30)31-28(37-15-4)27(36-14-3)29(38-16-5)32(43-31)39-17-6/h21-33H,12-20H2,1-11H3/t22?,23-,24?,25-,26?,27?,28+,29-,30-,31?,32+,33-,34?/m1/s1. The molecule has 13 atom stereocenters. The lowest BCUT2D eigenvalue weighted by Crippen LogP contribution is -2.69. The number of ether oxygens (including phenoxy) is 10. The largest absolute Gasteiger partial charge is 0.373 e. The molecule has 0 aromatic heterocycles. The fraction of sp³-hybridized carbons (Fsp3) is 1.00. The zero-order valence-electron chi connectivity index (χ0n) is 29.5. The summed E-state index contributed by atoms with van der Waals surface area (Å²) in [6.45, 7) is 26.4. The van der Waals surface area contributed by atoms with Gasteiger partial charge in [0.05, 0.1) is 12.7 Å². The van der Waals surface area contributed by atoms with Crippen LogP contribution in [0.2, 0.25) is 0 Å². The summed E-state index contributed by atoms with van der Waals surface area (Å²) in [7, 11) is 0. The van der Waals surface area contributed by atoms with E-state index in [2.05, 4.69) is 41.5 Å². The van der Waals surface area contributed by atoms with Crippen LogP contribution in [-0.4, -0.2) is 113 Å². The number of fused-ring (bicyclic) bond motifs is 1. The van der Waals surface area contributed by atoms with Crippen molar-refractivity contribution in [3.63, 3.8) is 0 Å². The van der Waals surface area contributed by atoms with Crippen LogP contribution in [0.4, 0.5) is 0 Å². The fourth-order valence-electron chi connectivity index (χ4n) is 6.62. The lowest BCUT2D eigenvalue weighted by Gasteiger charge is -2.53. The van der Waals surface area contributed by atoms with Gasteiger partial charge < -0.3 is 47.4 Å². The zero-order valence-corrected chi connectivity index (χ0v) is 29.5. The molecule has 0 aromatic rings. The molecule has 260 valence electrons. The van der Waals surface area contributed by atoms with Crippen LogP contribution in [0.5, 0.6) is 0 Å². The van der Waals surface area contributed by atoms with Gasteiger partial charge in [-0.1, -0.05) is 41.0 Å². The van der Waals surface area contributed by atoms with Crippen LogP contribution in [0.25, 0.3) is 0 Å². The monoisotopic (exact) mass is 632 g/mol. The summed E-state index contributed by atoms with van der Waals surface area (Å²) >= 11 is 0. The topological polar surface area (TPSA) is 92.3 Å². The highest BCUT2D eigenvalue weighted by Crippen LogP contribution is 2.44. The summed E-state index contributed by atoms with van der Waals surface area (Å²) in [4.78, 5) is 0. The number of hydrogen-bond acceptors (Lipinski definition) is 10.